The average molecular weight is 1160 g/mol. The maximum Gasteiger partial charge on any atom is 0.319 e. The number of nitrogens with zero attached hydrogens (tertiary/aromatic N) is 9. The molecule has 2 saturated heterocycles. The Kier molecular flexibility index (Phi) is 14.3. The molecule has 20 nitrogen and oxygen atoms in total. The van der Waals surface area contributed by atoms with Crippen LogP contribution in [-0.4, -0.2) is 136 Å². The van der Waals surface area contributed by atoms with Crippen molar-refractivity contribution in [2.24, 2.45) is 0 Å². The van der Waals surface area contributed by atoms with E-state index >= 15 is 4.39 Å². The summed E-state index contributed by atoms with van der Waals surface area (Å²) in [6.07, 6.45) is 7.04. The molecule has 9 heterocycles. The van der Waals surface area contributed by atoms with Gasteiger partial charge in [0.25, 0.3) is 5.91 Å². The smallest absolute Gasteiger partial charge is 0.319 e. The predicted octanol–water partition coefficient (Wildman–Crippen LogP) is 8.25. The Morgan fingerprint density at radius 3 is 2.59 bits per heavy atom. The molecule has 83 heavy (non-hydrogen) atoms. The van der Waals surface area contributed by atoms with Crippen molar-refractivity contribution >= 4 is 62.4 Å². The fourth-order valence-electron chi connectivity index (χ4n) is 12.2. The summed E-state index contributed by atoms with van der Waals surface area (Å²) in [7, 11) is 0. The summed E-state index contributed by atoms with van der Waals surface area (Å²) in [5, 5.41) is 45.4. The number of thiazole rings is 1. The number of β-amino-alcohol motifs (C(OH)–C–C–N with tert-alkyl or cyclic N) is 1. The van der Waals surface area contributed by atoms with Crippen LogP contribution in [0.1, 0.15) is 74.5 Å². The number of aromatic amines is 1. The summed E-state index contributed by atoms with van der Waals surface area (Å²) in [6.45, 7) is 10.7. The summed E-state index contributed by atoms with van der Waals surface area (Å²) in [5.74, 6) is -0.224. The molecule has 4 aromatic heterocycles. The zero-order valence-electron chi connectivity index (χ0n) is 46.1. The van der Waals surface area contributed by atoms with Gasteiger partial charge in [-0.05, 0) is 69.0 Å². The SMILES string of the molecule is CC(C)=C[C@@H](C(=O)N1C[C@H](O)C[C@H]1C(=O)N[C@@H](CO)c1ccc(-c2scnc2C)cc1)n1cc(-c2ccc(COc3c(-c4c(C)c(F)cc5[nH]ncc45)c(Cl)c4c5c(nc(OC6CCOCC6)nc35)N3C(C5=C[C@H]3CN5)[C@@H](C)O4)cc2)nn1. The number of aromatic nitrogens is 8. The number of nitrogens with one attached hydrogen (secondary N) is 3. The first kappa shape index (κ1) is 54.2. The Hall–Kier alpha value is -8.02. The molecule has 428 valence electrons. The highest BCUT2D eigenvalue weighted by atomic mass is 35.5. The summed E-state index contributed by atoms with van der Waals surface area (Å²) in [5.41, 5.74) is 10.1. The number of H-pyrrole nitrogens is 1. The van der Waals surface area contributed by atoms with Gasteiger partial charge in [0.05, 0.1) is 82.4 Å². The second kappa shape index (κ2) is 22.0. The van der Waals surface area contributed by atoms with Gasteiger partial charge in [-0.25, -0.2) is 14.1 Å². The molecule has 23 heteroatoms. The number of hydrogen-bond donors (Lipinski definition) is 5. The number of allylic oxidation sites excluding steroid dienone is 1. The standard InChI is InChI=1S/C60H60ClFN12O8S/c1-29(2)18-47(59(78)72-24-38(76)20-46(72)58(77)66-45(26-75)35-10-12-36(13-11-35)56-31(4)64-28-83-56)73-25-44(70-71-73)34-8-6-33(7-9-34)27-80-55-49(48-30(3)41(62)21-42-40(48)23-65-69-42)51(61)54-50-52(55)67-60(82-39-14-16-79-17-15-39)68-57(50)74-37-19-43(63-22-37)53(74)32(5)81-54/h6-13,18-19,21,23,25,28,32,37-39,45-47,53,63,75-76H,14-17,20,22,24,26-27H2,1-5H3,(H,65,69)(H,66,77)/t32-,37+,38-,45+,46+,47+,53?/m1/s1. The van der Waals surface area contributed by atoms with E-state index in [1.54, 1.807) is 30.9 Å². The summed E-state index contributed by atoms with van der Waals surface area (Å²) < 4.78 is 43.8. The zero-order valence-corrected chi connectivity index (χ0v) is 47.7. The highest BCUT2D eigenvalue weighted by Gasteiger charge is 2.48. The number of likely N-dealkylation sites (tertiary alicyclic amines) is 1. The fourth-order valence-corrected chi connectivity index (χ4v) is 13.3. The van der Waals surface area contributed by atoms with Gasteiger partial charge >= 0.3 is 6.01 Å². The number of aliphatic hydroxyl groups excluding tert-OH is 2. The molecule has 2 amide bonds. The van der Waals surface area contributed by atoms with Gasteiger partial charge in [-0.3, -0.25) is 14.7 Å². The number of rotatable bonds is 15. The van der Waals surface area contributed by atoms with Crippen LogP contribution in [0.15, 0.2) is 95.9 Å². The van der Waals surface area contributed by atoms with E-state index in [0.29, 0.717) is 99.5 Å². The predicted molar refractivity (Wildman–Crippen MR) is 310 cm³/mol. The van der Waals surface area contributed by atoms with Gasteiger partial charge < -0.3 is 49.6 Å². The summed E-state index contributed by atoms with van der Waals surface area (Å²) in [6, 6.07) is 13.6. The lowest BCUT2D eigenvalue weighted by atomic mass is 9.93. The lowest BCUT2D eigenvalue weighted by Crippen LogP contribution is -2.54. The monoisotopic (exact) mass is 1160 g/mol. The van der Waals surface area contributed by atoms with Gasteiger partial charge in [-0.1, -0.05) is 77.0 Å². The lowest BCUT2D eigenvalue weighted by molar-refractivity contribution is -0.140. The molecule has 0 saturated carbocycles. The van der Waals surface area contributed by atoms with Crippen molar-refractivity contribution in [1.29, 1.82) is 0 Å². The third-order valence-electron chi connectivity index (χ3n) is 16.3. The van der Waals surface area contributed by atoms with Crippen LogP contribution in [0.3, 0.4) is 0 Å². The van der Waals surface area contributed by atoms with E-state index < -0.39 is 48.0 Å². The Morgan fingerprint density at radius 1 is 1.06 bits per heavy atom. The molecule has 2 fully saturated rings. The average Bonchev–Trinajstić information content (AvgIpc) is 3.80. The molecule has 2 bridgehead atoms. The molecule has 0 radical (unpaired) electrons. The molecule has 5 aliphatic heterocycles. The number of hydrogen-bond acceptors (Lipinski definition) is 17. The molecule has 7 atom stereocenters. The van der Waals surface area contributed by atoms with Crippen LogP contribution in [-0.2, 0) is 20.9 Å². The quantitative estimate of drug-likeness (QED) is 0.0607. The van der Waals surface area contributed by atoms with Crippen molar-refractivity contribution < 1.29 is 43.1 Å². The number of amides is 2. The van der Waals surface area contributed by atoms with Crippen molar-refractivity contribution in [3.05, 3.63) is 129 Å². The van der Waals surface area contributed by atoms with E-state index in [9.17, 15) is 19.8 Å². The molecule has 5 aliphatic rings. The first-order valence-electron chi connectivity index (χ1n) is 27.7. The number of carbonyl (C=O) groups is 2. The highest BCUT2D eigenvalue weighted by molar-refractivity contribution is 7.13. The van der Waals surface area contributed by atoms with Gasteiger partial charge in [0.2, 0.25) is 5.91 Å². The number of piperazine rings is 1. The number of fused-ring (bicyclic) bond motifs is 6. The normalized spacial score (nSPS) is 20.8. The van der Waals surface area contributed by atoms with E-state index in [1.165, 1.54) is 27.0 Å². The summed E-state index contributed by atoms with van der Waals surface area (Å²) in [4.78, 5) is 48.0. The van der Waals surface area contributed by atoms with Crippen molar-refractivity contribution in [3.8, 4) is 50.3 Å². The number of benzene rings is 4. The molecule has 0 aliphatic carbocycles. The van der Waals surface area contributed by atoms with Gasteiger partial charge in [0.1, 0.15) is 53.7 Å². The summed E-state index contributed by atoms with van der Waals surface area (Å²) >= 11 is 9.22. The maximum atomic E-state index is 16.1. The molecular weight excluding hydrogens is 1100 g/mol. The highest BCUT2D eigenvalue weighted by Crippen LogP contribution is 2.56. The van der Waals surface area contributed by atoms with E-state index in [2.05, 4.69) is 47.1 Å². The molecular formula is C60H60ClFN12O8S. The van der Waals surface area contributed by atoms with Crippen LogP contribution in [0.5, 0.6) is 17.5 Å². The Bertz CT molecular complexity index is 3900. The minimum absolute atomic E-state index is 0.0110. The largest absolute Gasteiger partial charge is 0.486 e. The number of halogens is 2. The Balaban J connectivity index is 0.799. The number of carbonyl (C=O) groups excluding carboxylic acids is 2. The second-order valence-electron chi connectivity index (χ2n) is 22.1. The lowest BCUT2D eigenvalue weighted by Gasteiger charge is -2.38. The Morgan fingerprint density at radius 2 is 1.84 bits per heavy atom. The molecule has 0 spiro atoms. The third-order valence-corrected chi connectivity index (χ3v) is 17.6. The van der Waals surface area contributed by atoms with Crippen LogP contribution in [0.2, 0.25) is 5.02 Å². The van der Waals surface area contributed by atoms with E-state index in [4.69, 9.17) is 40.5 Å². The number of aryl methyl sites for hydroxylation is 1. The van der Waals surface area contributed by atoms with E-state index in [1.807, 2.05) is 76.2 Å². The van der Waals surface area contributed by atoms with E-state index in [0.717, 1.165) is 33.0 Å². The molecule has 5 N–H and O–H groups in total. The number of ether oxygens (including phenoxy) is 4. The van der Waals surface area contributed by atoms with Crippen molar-refractivity contribution in [1.82, 2.24) is 55.7 Å². The number of anilines is 1. The fraction of sp³-hybridized carbons (Fsp3) is 0.367. The van der Waals surface area contributed by atoms with Gasteiger partial charge in [0, 0.05) is 60.1 Å². The molecule has 8 aromatic rings. The minimum atomic E-state index is -1.02. The van der Waals surface area contributed by atoms with Crippen molar-refractivity contribution in [2.75, 3.05) is 37.8 Å². The van der Waals surface area contributed by atoms with Crippen LogP contribution in [0.4, 0.5) is 10.2 Å². The van der Waals surface area contributed by atoms with Crippen LogP contribution in [0.25, 0.3) is 54.6 Å². The van der Waals surface area contributed by atoms with Crippen LogP contribution in [0, 0.1) is 19.7 Å². The van der Waals surface area contributed by atoms with E-state index in [-0.39, 0.29) is 61.1 Å². The third kappa shape index (κ3) is 9.88. The first-order valence-corrected chi connectivity index (χ1v) is 29.0. The van der Waals surface area contributed by atoms with Crippen LogP contribution >= 0.6 is 22.9 Å². The molecule has 4 aromatic carbocycles. The van der Waals surface area contributed by atoms with Gasteiger partial charge in [-0.15, -0.1) is 16.4 Å². The van der Waals surface area contributed by atoms with Gasteiger partial charge in [0.15, 0.2) is 17.5 Å². The minimum Gasteiger partial charge on any atom is -0.486 e. The topological polar surface area (TPSA) is 240 Å². The van der Waals surface area contributed by atoms with Crippen molar-refractivity contribution in [2.45, 2.75) is 109 Å². The maximum absolute atomic E-state index is 16.1. The second-order valence-corrected chi connectivity index (χ2v) is 23.3. The first-order chi connectivity index (χ1) is 40.2. The molecule has 1 unspecified atom stereocenters. The van der Waals surface area contributed by atoms with Gasteiger partial charge in [-0.2, -0.15) is 15.1 Å². The zero-order chi connectivity index (χ0) is 57.4. The van der Waals surface area contributed by atoms with Crippen molar-refractivity contribution in [3.63, 3.8) is 0 Å². The molecule has 13 rings (SSSR count). The number of aliphatic hydroxyl groups is 2. The Labute approximate surface area is 485 Å². The van der Waals surface area contributed by atoms with Crippen LogP contribution < -0.4 is 29.7 Å².